The quantitative estimate of drug-likeness (QED) is 0.592. The molecule has 1 heterocycles. The number of hydrogen-bond acceptors (Lipinski definition) is 3. The molecular weight excluding hydrogens is 370 g/mol. The molecule has 3 rings (SSSR count). The Labute approximate surface area is 161 Å². The van der Waals surface area contributed by atoms with Gasteiger partial charge in [0.25, 0.3) is 0 Å². The van der Waals surface area contributed by atoms with Gasteiger partial charge in [0, 0.05) is 23.0 Å². The molecule has 1 saturated heterocycles. The van der Waals surface area contributed by atoms with E-state index in [4.69, 9.17) is 16.6 Å². The third-order valence-corrected chi connectivity index (χ3v) is 7.46. The van der Waals surface area contributed by atoms with E-state index in [2.05, 4.69) is 22.8 Å². The Morgan fingerprint density at radius 1 is 1.35 bits per heavy atom. The maximum atomic E-state index is 11.7. The monoisotopic (exact) mass is 397 g/mol. The highest BCUT2D eigenvalue weighted by Gasteiger charge is 2.36. The molecule has 5 nitrogen and oxygen atoms in total. The highest BCUT2D eigenvalue weighted by atomic mass is 35.5. The average Bonchev–Trinajstić information content (AvgIpc) is 3.20. The molecule has 0 bridgehead atoms. The van der Waals surface area contributed by atoms with Crippen molar-refractivity contribution < 1.29 is 8.42 Å². The predicted octanol–water partition coefficient (Wildman–Crippen LogP) is 2.89. The van der Waals surface area contributed by atoms with Crippen molar-refractivity contribution in [3.8, 4) is 0 Å². The molecule has 0 spiro atoms. The SMILES string of the molecule is CCNC(=NCC1(c2cccc(Cl)c2)CCCC1)NC1CCS(=O)(=O)C1. The molecule has 0 amide bonds. The van der Waals surface area contributed by atoms with Crippen molar-refractivity contribution >= 4 is 27.4 Å². The highest BCUT2D eigenvalue weighted by Crippen LogP contribution is 2.42. The van der Waals surface area contributed by atoms with E-state index in [0.717, 1.165) is 24.4 Å². The number of benzene rings is 1. The maximum Gasteiger partial charge on any atom is 0.191 e. The highest BCUT2D eigenvalue weighted by molar-refractivity contribution is 7.91. The standard InChI is InChI=1S/C19H28ClN3O2S/c1-2-21-18(23-17-8-11-26(24,25)13-17)22-14-19(9-3-4-10-19)15-6-5-7-16(20)12-15/h5-7,12,17H,2-4,8-11,13-14H2,1H3,(H2,21,22,23). The predicted molar refractivity (Wildman–Crippen MR) is 108 cm³/mol. The van der Waals surface area contributed by atoms with Crippen LogP contribution in [0.3, 0.4) is 0 Å². The third kappa shape index (κ3) is 4.71. The minimum atomic E-state index is -2.91. The van der Waals surface area contributed by atoms with Crippen molar-refractivity contribution in [1.82, 2.24) is 10.6 Å². The summed E-state index contributed by atoms with van der Waals surface area (Å²) in [5.41, 5.74) is 1.28. The second-order valence-corrected chi connectivity index (χ2v) is 10.1. The van der Waals surface area contributed by atoms with Crippen LogP contribution in [0.15, 0.2) is 29.3 Å². The first kappa shape index (κ1) is 19.5. The number of nitrogens with one attached hydrogen (secondary N) is 2. The molecule has 144 valence electrons. The van der Waals surface area contributed by atoms with E-state index in [1.54, 1.807) is 0 Å². The summed E-state index contributed by atoms with van der Waals surface area (Å²) in [5, 5.41) is 7.33. The molecule has 0 radical (unpaired) electrons. The summed E-state index contributed by atoms with van der Waals surface area (Å²) in [6.07, 6.45) is 5.26. The molecule has 0 aromatic heterocycles. The van der Waals surface area contributed by atoms with Crippen molar-refractivity contribution in [2.75, 3.05) is 24.6 Å². The van der Waals surface area contributed by atoms with Gasteiger partial charge in [-0.1, -0.05) is 36.6 Å². The summed E-state index contributed by atoms with van der Waals surface area (Å²) >= 11 is 6.22. The van der Waals surface area contributed by atoms with Gasteiger partial charge in [-0.05, 0) is 43.9 Å². The number of sulfone groups is 1. The number of halogens is 1. The maximum absolute atomic E-state index is 11.7. The van der Waals surface area contributed by atoms with Gasteiger partial charge < -0.3 is 10.6 Å². The van der Waals surface area contributed by atoms with Crippen LogP contribution >= 0.6 is 11.6 Å². The van der Waals surface area contributed by atoms with Crippen LogP contribution in [0.1, 0.15) is 44.6 Å². The lowest BCUT2D eigenvalue weighted by Gasteiger charge is -2.29. The van der Waals surface area contributed by atoms with Gasteiger partial charge in [-0.15, -0.1) is 0 Å². The number of nitrogens with zero attached hydrogens (tertiary/aromatic N) is 1. The third-order valence-electron chi connectivity index (χ3n) is 5.45. The van der Waals surface area contributed by atoms with Crippen LogP contribution in [0, 0.1) is 0 Å². The van der Waals surface area contributed by atoms with Crippen LogP contribution in [0.5, 0.6) is 0 Å². The number of hydrogen-bond donors (Lipinski definition) is 2. The Morgan fingerprint density at radius 2 is 2.12 bits per heavy atom. The minimum Gasteiger partial charge on any atom is -0.357 e. The molecule has 7 heteroatoms. The fourth-order valence-electron chi connectivity index (χ4n) is 4.06. The zero-order valence-corrected chi connectivity index (χ0v) is 16.9. The van der Waals surface area contributed by atoms with Gasteiger partial charge in [-0.3, -0.25) is 4.99 Å². The second kappa shape index (κ2) is 8.17. The molecule has 1 saturated carbocycles. The van der Waals surface area contributed by atoms with Gasteiger partial charge in [-0.2, -0.15) is 0 Å². The summed E-state index contributed by atoms with van der Waals surface area (Å²) in [6, 6.07) is 8.07. The topological polar surface area (TPSA) is 70.6 Å². The number of guanidine groups is 1. The van der Waals surface area contributed by atoms with Crippen molar-refractivity contribution in [3.05, 3.63) is 34.9 Å². The molecule has 1 aromatic carbocycles. The molecule has 1 aliphatic heterocycles. The molecule has 2 fully saturated rings. The Kier molecular flexibility index (Phi) is 6.13. The lowest BCUT2D eigenvalue weighted by atomic mass is 9.79. The van der Waals surface area contributed by atoms with E-state index in [-0.39, 0.29) is 23.0 Å². The Hall–Kier alpha value is -1.27. The van der Waals surface area contributed by atoms with E-state index in [1.165, 1.54) is 18.4 Å². The van der Waals surface area contributed by atoms with Crippen molar-refractivity contribution in [1.29, 1.82) is 0 Å². The van der Waals surface area contributed by atoms with Crippen LogP contribution in [-0.4, -0.2) is 45.0 Å². The molecule has 2 N–H and O–H groups in total. The number of rotatable bonds is 5. The van der Waals surface area contributed by atoms with Crippen molar-refractivity contribution in [2.24, 2.45) is 4.99 Å². The van der Waals surface area contributed by atoms with Gasteiger partial charge in [0.2, 0.25) is 0 Å². The van der Waals surface area contributed by atoms with Crippen LogP contribution < -0.4 is 10.6 Å². The molecule has 26 heavy (non-hydrogen) atoms. The zero-order chi connectivity index (χ0) is 18.6. The summed E-state index contributed by atoms with van der Waals surface area (Å²) in [6.45, 7) is 3.45. The summed E-state index contributed by atoms with van der Waals surface area (Å²) in [5.74, 6) is 1.16. The second-order valence-electron chi connectivity index (χ2n) is 7.44. The Bertz CT molecular complexity index is 758. The largest absolute Gasteiger partial charge is 0.357 e. The molecule has 1 unspecified atom stereocenters. The van der Waals surface area contributed by atoms with E-state index in [0.29, 0.717) is 18.9 Å². The Balaban J connectivity index is 1.76. The van der Waals surface area contributed by atoms with Gasteiger partial charge >= 0.3 is 0 Å². The van der Waals surface area contributed by atoms with Crippen LogP contribution in [0.4, 0.5) is 0 Å². The lowest BCUT2D eigenvalue weighted by molar-refractivity contribution is 0.452. The molecule has 1 aliphatic carbocycles. The number of aliphatic imine (C=N–C) groups is 1. The normalized spacial score (nSPS) is 24.5. The van der Waals surface area contributed by atoms with E-state index >= 15 is 0 Å². The van der Waals surface area contributed by atoms with Crippen molar-refractivity contribution in [3.63, 3.8) is 0 Å². The average molecular weight is 398 g/mol. The van der Waals surface area contributed by atoms with Gasteiger partial charge in [0.15, 0.2) is 15.8 Å². The molecular formula is C19H28ClN3O2S. The van der Waals surface area contributed by atoms with E-state index in [9.17, 15) is 8.42 Å². The van der Waals surface area contributed by atoms with Crippen molar-refractivity contribution in [2.45, 2.75) is 50.5 Å². The lowest BCUT2D eigenvalue weighted by Crippen LogP contribution is -2.44. The fraction of sp³-hybridized carbons (Fsp3) is 0.632. The fourth-order valence-corrected chi connectivity index (χ4v) is 5.92. The van der Waals surface area contributed by atoms with Gasteiger partial charge in [-0.25, -0.2) is 8.42 Å². The van der Waals surface area contributed by atoms with E-state index in [1.807, 2.05) is 19.1 Å². The first-order valence-corrected chi connectivity index (χ1v) is 11.6. The summed E-state index contributed by atoms with van der Waals surface area (Å²) in [4.78, 5) is 4.84. The summed E-state index contributed by atoms with van der Waals surface area (Å²) < 4.78 is 23.4. The van der Waals surface area contributed by atoms with Gasteiger partial charge in [0.1, 0.15) is 0 Å². The van der Waals surface area contributed by atoms with Crippen LogP contribution in [0.2, 0.25) is 5.02 Å². The summed E-state index contributed by atoms with van der Waals surface area (Å²) in [7, 11) is -2.91. The first-order chi connectivity index (χ1) is 12.4. The molecule has 1 atom stereocenters. The van der Waals surface area contributed by atoms with Gasteiger partial charge in [0.05, 0.1) is 18.1 Å². The molecule has 2 aliphatic rings. The first-order valence-electron chi connectivity index (χ1n) is 9.44. The Morgan fingerprint density at radius 3 is 2.73 bits per heavy atom. The van der Waals surface area contributed by atoms with Crippen LogP contribution in [0.25, 0.3) is 0 Å². The van der Waals surface area contributed by atoms with E-state index < -0.39 is 9.84 Å². The zero-order valence-electron chi connectivity index (χ0n) is 15.3. The van der Waals surface area contributed by atoms with Crippen LogP contribution in [-0.2, 0) is 15.3 Å². The minimum absolute atomic E-state index is 0.0228. The molecule has 1 aromatic rings. The smallest absolute Gasteiger partial charge is 0.191 e.